The molecule has 236 valence electrons. The van der Waals surface area contributed by atoms with Gasteiger partial charge in [0, 0.05) is 11.6 Å². The average Bonchev–Trinajstić information content (AvgIpc) is 2.98. The summed E-state index contributed by atoms with van der Waals surface area (Å²) >= 11 is 0. The van der Waals surface area contributed by atoms with Gasteiger partial charge in [0.05, 0.1) is 19.3 Å². The van der Waals surface area contributed by atoms with Crippen molar-refractivity contribution in [2.45, 2.75) is 169 Å². The smallest absolute Gasteiger partial charge is 0.331 e. The molecule has 1 rings (SSSR count). The molecule has 1 aromatic rings. The first-order valence-electron chi connectivity index (χ1n) is 17.4. The average molecular weight is 573 g/mol. The van der Waals surface area contributed by atoms with Crippen molar-refractivity contribution in [2.24, 2.45) is 0 Å². The van der Waals surface area contributed by atoms with Gasteiger partial charge in [-0.3, -0.25) is 0 Å². The number of esters is 1. The molecule has 0 fully saturated rings. The van der Waals surface area contributed by atoms with E-state index >= 15 is 0 Å². The summed E-state index contributed by atoms with van der Waals surface area (Å²) in [7, 11) is 0. The lowest BCUT2D eigenvalue weighted by Gasteiger charge is -2.13. The number of benzene rings is 1. The molecule has 1 unspecified atom stereocenters. The topological polar surface area (TPSA) is 44.8 Å². The molecule has 0 N–H and O–H groups in total. The maximum atomic E-state index is 12.2. The van der Waals surface area contributed by atoms with Gasteiger partial charge in [0.25, 0.3) is 0 Å². The van der Waals surface area contributed by atoms with Crippen LogP contribution in [0.1, 0.15) is 168 Å². The Morgan fingerprint density at radius 1 is 0.659 bits per heavy atom. The molecule has 0 spiro atoms. The quantitative estimate of drug-likeness (QED) is 0.0569. The van der Waals surface area contributed by atoms with Crippen LogP contribution in [-0.2, 0) is 9.53 Å². The van der Waals surface area contributed by atoms with E-state index in [0.717, 1.165) is 36.3 Å². The second kappa shape index (κ2) is 26.9. The van der Waals surface area contributed by atoms with Gasteiger partial charge in [-0.05, 0) is 50.5 Å². The van der Waals surface area contributed by atoms with Gasteiger partial charge in [-0.15, -0.1) is 0 Å². The molecule has 4 nitrogen and oxygen atoms in total. The molecule has 4 heteroatoms. The van der Waals surface area contributed by atoms with Crippen LogP contribution in [0.25, 0.3) is 6.08 Å². The fourth-order valence-corrected chi connectivity index (χ4v) is 4.91. The molecule has 0 aliphatic rings. The lowest BCUT2D eigenvalue weighted by molar-refractivity contribution is -0.142. The lowest BCUT2D eigenvalue weighted by atomic mass is 10.1. The van der Waals surface area contributed by atoms with E-state index < -0.39 is 0 Å². The van der Waals surface area contributed by atoms with Crippen LogP contribution in [0, 0.1) is 0 Å². The van der Waals surface area contributed by atoms with Crippen LogP contribution < -0.4 is 9.47 Å². The standard InChI is InChI=1S/C37H64O4/c1-5-8-10-12-14-16-18-20-22-24-30-39-35-27-28-36(34(32-35)26-29-37(38)41-33(4)7-3)40-31-25-23-21-19-17-15-13-11-9-6-2/h26-29,32-33H,5-25,30-31H2,1-4H3. The van der Waals surface area contributed by atoms with Crippen molar-refractivity contribution in [1.82, 2.24) is 0 Å². The van der Waals surface area contributed by atoms with E-state index in [1.807, 2.05) is 32.0 Å². The fraction of sp³-hybridized carbons (Fsp3) is 0.757. The minimum absolute atomic E-state index is 0.0880. The summed E-state index contributed by atoms with van der Waals surface area (Å²) in [5.41, 5.74) is 0.860. The number of hydrogen-bond acceptors (Lipinski definition) is 4. The molecule has 0 heterocycles. The van der Waals surface area contributed by atoms with Crippen LogP contribution in [0.15, 0.2) is 24.3 Å². The van der Waals surface area contributed by atoms with Crippen LogP contribution in [0.2, 0.25) is 0 Å². The summed E-state index contributed by atoms with van der Waals surface area (Å²) in [5, 5.41) is 0. The third-order valence-corrected chi connectivity index (χ3v) is 7.79. The summed E-state index contributed by atoms with van der Waals surface area (Å²) in [5.74, 6) is 1.29. The first-order chi connectivity index (χ1) is 20.1. The van der Waals surface area contributed by atoms with Crippen molar-refractivity contribution in [3.8, 4) is 11.5 Å². The highest BCUT2D eigenvalue weighted by Crippen LogP contribution is 2.26. The molecule has 0 bridgehead atoms. The Bertz CT molecular complexity index is 772. The zero-order valence-corrected chi connectivity index (χ0v) is 27.4. The Morgan fingerprint density at radius 3 is 1.61 bits per heavy atom. The summed E-state index contributed by atoms with van der Waals surface area (Å²) in [6.45, 7) is 9.87. The van der Waals surface area contributed by atoms with E-state index in [4.69, 9.17) is 14.2 Å². The van der Waals surface area contributed by atoms with Gasteiger partial charge >= 0.3 is 5.97 Å². The molecule has 0 aromatic heterocycles. The van der Waals surface area contributed by atoms with E-state index in [-0.39, 0.29) is 12.1 Å². The van der Waals surface area contributed by atoms with Crippen LogP contribution >= 0.6 is 0 Å². The maximum absolute atomic E-state index is 12.2. The highest BCUT2D eigenvalue weighted by molar-refractivity contribution is 5.87. The number of rotatable bonds is 28. The van der Waals surface area contributed by atoms with Crippen LogP contribution in [0.5, 0.6) is 11.5 Å². The molecule has 1 aromatic carbocycles. The Kier molecular flexibility index (Phi) is 24.3. The minimum Gasteiger partial charge on any atom is -0.494 e. The van der Waals surface area contributed by atoms with Gasteiger partial charge in [0.2, 0.25) is 0 Å². The van der Waals surface area contributed by atoms with Crippen molar-refractivity contribution in [3.05, 3.63) is 29.8 Å². The van der Waals surface area contributed by atoms with Crippen molar-refractivity contribution in [2.75, 3.05) is 13.2 Å². The maximum Gasteiger partial charge on any atom is 0.331 e. The van der Waals surface area contributed by atoms with Crippen LogP contribution in [-0.4, -0.2) is 25.3 Å². The zero-order valence-electron chi connectivity index (χ0n) is 27.4. The molecular weight excluding hydrogens is 508 g/mol. The molecule has 0 radical (unpaired) electrons. The Labute approximate surface area is 254 Å². The van der Waals surface area contributed by atoms with Crippen molar-refractivity contribution < 1.29 is 19.0 Å². The minimum atomic E-state index is -0.323. The van der Waals surface area contributed by atoms with Gasteiger partial charge in [-0.2, -0.15) is 0 Å². The number of hydrogen-bond donors (Lipinski definition) is 0. The van der Waals surface area contributed by atoms with Crippen molar-refractivity contribution in [1.29, 1.82) is 0 Å². The number of unbranched alkanes of at least 4 members (excludes halogenated alkanes) is 18. The van der Waals surface area contributed by atoms with Gasteiger partial charge in [0.1, 0.15) is 11.5 Å². The Hall–Kier alpha value is -1.97. The van der Waals surface area contributed by atoms with Crippen molar-refractivity contribution in [3.63, 3.8) is 0 Å². The summed E-state index contributed by atoms with van der Waals surface area (Å²) < 4.78 is 17.6. The van der Waals surface area contributed by atoms with Crippen LogP contribution in [0.3, 0.4) is 0 Å². The molecule has 1 atom stereocenters. The number of ether oxygens (including phenoxy) is 3. The van der Waals surface area contributed by atoms with Gasteiger partial charge in [-0.1, -0.05) is 136 Å². The monoisotopic (exact) mass is 572 g/mol. The predicted molar refractivity (Wildman–Crippen MR) is 176 cm³/mol. The van der Waals surface area contributed by atoms with Crippen molar-refractivity contribution >= 4 is 12.0 Å². The third kappa shape index (κ3) is 21.4. The molecule has 0 saturated carbocycles. The molecular formula is C37H64O4. The Morgan fingerprint density at radius 2 is 1.12 bits per heavy atom. The van der Waals surface area contributed by atoms with E-state index in [9.17, 15) is 4.79 Å². The van der Waals surface area contributed by atoms with E-state index in [2.05, 4.69) is 13.8 Å². The SMILES string of the molecule is CCCCCCCCCCCCOc1ccc(OCCCCCCCCCCCC)c(C=CC(=O)OC(C)CC)c1. The molecule has 0 amide bonds. The number of carbonyl (C=O) groups is 1. The molecule has 41 heavy (non-hydrogen) atoms. The number of carbonyl (C=O) groups excluding carboxylic acids is 1. The zero-order chi connectivity index (χ0) is 29.8. The molecule has 0 aliphatic heterocycles. The fourth-order valence-electron chi connectivity index (χ4n) is 4.91. The first-order valence-corrected chi connectivity index (χ1v) is 17.4. The first kappa shape index (κ1) is 37.1. The summed E-state index contributed by atoms with van der Waals surface area (Å²) in [6, 6.07) is 5.94. The third-order valence-electron chi connectivity index (χ3n) is 7.79. The highest BCUT2D eigenvalue weighted by Gasteiger charge is 2.08. The van der Waals surface area contributed by atoms with E-state index in [1.165, 1.54) is 122 Å². The van der Waals surface area contributed by atoms with Gasteiger partial charge < -0.3 is 14.2 Å². The largest absolute Gasteiger partial charge is 0.494 e. The van der Waals surface area contributed by atoms with E-state index in [0.29, 0.717) is 13.2 Å². The van der Waals surface area contributed by atoms with Gasteiger partial charge in [0.15, 0.2) is 0 Å². The second-order valence-corrected chi connectivity index (χ2v) is 11.7. The lowest BCUT2D eigenvalue weighted by Crippen LogP contribution is -2.11. The van der Waals surface area contributed by atoms with E-state index in [1.54, 1.807) is 6.08 Å². The summed E-state index contributed by atoms with van der Waals surface area (Å²) in [6.07, 6.45) is 30.2. The van der Waals surface area contributed by atoms with Gasteiger partial charge in [-0.25, -0.2) is 4.79 Å². The molecule has 0 aliphatic carbocycles. The normalized spacial score (nSPS) is 12.1. The predicted octanol–water partition coefficient (Wildman–Crippen LogP) is 11.6. The van der Waals surface area contributed by atoms with Crippen LogP contribution in [0.4, 0.5) is 0 Å². The Balaban J connectivity index is 2.45. The second-order valence-electron chi connectivity index (χ2n) is 11.7. The highest BCUT2D eigenvalue weighted by atomic mass is 16.5. The summed E-state index contributed by atoms with van der Waals surface area (Å²) in [4.78, 5) is 12.2. The molecule has 0 saturated heterocycles.